The van der Waals surface area contributed by atoms with Crippen molar-refractivity contribution in [2.24, 2.45) is 0 Å². The van der Waals surface area contributed by atoms with Crippen molar-refractivity contribution in [3.8, 4) is 0 Å². The monoisotopic (exact) mass is 383 g/mol. The molecule has 1 aromatic heterocycles. The Morgan fingerprint density at radius 3 is 2.93 bits per heavy atom. The Kier molecular flexibility index (Phi) is 6.39. The van der Waals surface area contributed by atoms with E-state index in [1.165, 1.54) is 24.1 Å². The third-order valence-corrected chi connectivity index (χ3v) is 5.61. The third kappa shape index (κ3) is 5.00. The van der Waals surface area contributed by atoms with Crippen LogP contribution in [0.3, 0.4) is 0 Å². The summed E-state index contributed by atoms with van der Waals surface area (Å²) >= 11 is 0. The molecule has 4 rings (SSSR count). The van der Waals surface area contributed by atoms with Gasteiger partial charge in [0.05, 0.1) is 24.8 Å². The zero-order valence-electron chi connectivity index (χ0n) is 16.3. The number of amides is 1. The van der Waals surface area contributed by atoms with Gasteiger partial charge in [-0.3, -0.25) is 9.89 Å². The van der Waals surface area contributed by atoms with Crippen molar-refractivity contribution in [1.29, 1.82) is 0 Å². The van der Waals surface area contributed by atoms with E-state index in [2.05, 4.69) is 27.6 Å². The van der Waals surface area contributed by atoms with Gasteiger partial charge in [-0.2, -0.15) is 5.10 Å². The molecule has 0 radical (unpaired) electrons. The van der Waals surface area contributed by atoms with Gasteiger partial charge >= 0.3 is 0 Å². The number of hydrogen-bond acceptors (Lipinski definition) is 4. The Morgan fingerprint density at radius 1 is 1.21 bits per heavy atom. The number of ether oxygens (including phenoxy) is 2. The highest BCUT2D eigenvalue weighted by Crippen LogP contribution is 2.22. The number of nitrogens with one attached hydrogen (secondary N) is 2. The van der Waals surface area contributed by atoms with Gasteiger partial charge in [0.15, 0.2) is 0 Å². The lowest BCUT2D eigenvalue weighted by atomic mass is 9.95. The van der Waals surface area contributed by atoms with E-state index >= 15 is 0 Å². The summed E-state index contributed by atoms with van der Waals surface area (Å²) in [6.45, 7) is 2.70. The first-order valence-electron chi connectivity index (χ1n) is 10.4. The first-order chi connectivity index (χ1) is 13.8. The molecule has 6 heteroatoms. The number of carbonyl (C=O) groups excluding carboxylic acids is 1. The lowest BCUT2D eigenvalue weighted by Crippen LogP contribution is -2.25. The average Bonchev–Trinajstić information content (AvgIpc) is 3.15. The fourth-order valence-electron chi connectivity index (χ4n) is 4.00. The molecule has 2 N–H and O–H groups in total. The molecular weight excluding hydrogens is 354 g/mol. The van der Waals surface area contributed by atoms with Crippen molar-refractivity contribution in [2.45, 2.75) is 64.2 Å². The molecule has 0 unspecified atom stereocenters. The number of aryl methyl sites for hydroxylation is 1. The van der Waals surface area contributed by atoms with Crippen LogP contribution in [-0.2, 0) is 46.7 Å². The second kappa shape index (κ2) is 9.34. The topological polar surface area (TPSA) is 76.2 Å². The molecule has 1 fully saturated rings. The van der Waals surface area contributed by atoms with Crippen LogP contribution in [0, 0.1) is 0 Å². The molecule has 0 spiro atoms. The maximum atomic E-state index is 12.4. The normalized spacial score (nSPS) is 17.3. The minimum atomic E-state index is 0.0173. The first kappa shape index (κ1) is 19.2. The number of aromatic amines is 1. The van der Waals surface area contributed by atoms with Crippen LogP contribution < -0.4 is 5.32 Å². The van der Waals surface area contributed by atoms with Gasteiger partial charge in [0.2, 0.25) is 5.91 Å². The van der Waals surface area contributed by atoms with Crippen molar-refractivity contribution >= 4 is 5.91 Å². The second-order valence-electron chi connectivity index (χ2n) is 7.73. The number of aromatic nitrogens is 2. The SMILES string of the molecule is O=C(Cc1n[nH]c2c1CCCC2)NCc1cccc(COC2CCOCC2)c1. The van der Waals surface area contributed by atoms with Gasteiger partial charge in [-0.1, -0.05) is 24.3 Å². The smallest absolute Gasteiger partial charge is 0.226 e. The minimum Gasteiger partial charge on any atom is -0.381 e. The quantitative estimate of drug-likeness (QED) is 0.771. The van der Waals surface area contributed by atoms with Crippen molar-refractivity contribution in [3.63, 3.8) is 0 Å². The zero-order chi connectivity index (χ0) is 19.2. The van der Waals surface area contributed by atoms with Gasteiger partial charge in [0.1, 0.15) is 0 Å². The predicted molar refractivity (Wildman–Crippen MR) is 106 cm³/mol. The van der Waals surface area contributed by atoms with Crippen LogP contribution in [0.4, 0.5) is 0 Å². The molecule has 1 aromatic carbocycles. The Balaban J connectivity index is 1.26. The molecule has 0 saturated carbocycles. The van der Waals surface area contributed by atoms with Crippen molar-refractivity contribution in [2.75, 3.05) is 13.2 Å². The fourth-order valence-corrected chi connectivity index (χ4v) is 4.00. The molecular formula is C22H29N3O3. The Bertz CT molecular complexity index is 796. The zero-order valence-corrected chi connectivity index (χ0v) is 16.3. The maximum absolute atomic E-state index is 12.4. The van der Waals surface area contributed by atoms with E-state index in [0.29, 0.717) is 19.6 Å². The van der Waals surface area contributed by atoms with Crippen LogP contribution in [0.5, 0.6) is 0 Å². The number of rotatable bonds is 7. The summed E-state index contributed by atoms with van der Waals surface area (Å²) in [6, 6.07) is 8.24. The van der Waals surface area contributed by atoms with E-state index in [4.69, 9.17) is 9.47 Å². The molecule has 6 nitrogen and oxygen atoms in total. The summed E-state index contributed by atoms with van der Waals surface area (Å²) in [7, 11) is 0. The second-order valence-corrected chi connectivity index (χ2v) is 7.73. The molecule has 1 aliphatic heterocycles. The van der Waals surface area contributed by atoms with Crippen LogP contribution in [0.15, 0.2) is 24.3 Å². The van der Waals surface area contributed by atoms with E-state index in [0.717, 1.165) is 55.7 Å². The molecule has 1 saturated heterocycles. The number of benzene rings is 1. The lowest BCUT2D eigenvalue weighted by Gasteiger charge is -2.22. The fraction of sp³-hybridized carbons (Fsp3) is 0.545. The summed E-state index contributed by atoms with van der Waals surface area (Å²) in [6.07, 6.45) is 7.03. The Labute approximate surface area is 166 Å². The molecule has 150 valence electrons. The van der Waals surface area contributed by atoms with E-state index in [-0.39, 0.29) is 12.0 Å². The van der Waals surface area contributed by atoms with E-state index in [9.17, 15) is 4.79 Å². The molecule has 28 heavy (non-hydrogen) atoms. The van der Waals surface area contributed by atoms with Crippen LogP contribution in [0.25, 0.3) is 0 Å². The van der Waals surface area contributed by atoms with Gasteiger partial charge < -0.3 is 14.8 Å². The van der Waals surface area contributed by atoms with Crippen molar-refractivity contribution < 1.29 is 14.3 Å². The van der Waals surface area contributed by atoms with E-state index in [1.807, 2.05) is 12.1 Å². The van der Waals surface area contributed by atoms with Gasteiger partial charge in [-0.05, 0) is 55.2 Å². The average molecular weight is 383 g/mol. The number of nitrogens with zero attached hydrogens (tertiary/aromatic N) is 1. The highest BCUT2D eigenvalue weighted by atomic mass is 16.5. The Hall–Kier alpha value is -2.18. The van der Waals surface area contributed by atoms with E-state index < -0.39 is 0 Å². The number of carbonyl (C=O) groups is 1. The summed E-state index contributed by atoms with van der Waals surface area (Å²) < 4.78 is 11.4. The summed E-state index contributed by atoms with van der Waals surface area (Å²) in [5.74, 6) is 0.0173. The van der Waals surface area contributed by atoms with Gasteiger partial charge in [0, 0.05) is 25.5 Å². The van der Waals surface area contributed by atoms with Crippen molar-refractivity contribution in [3.05, 3.63) is 52.3 Å². The third-order valence-electron chi connectivity index (χ3n) is 5.61. The molecule has 1 aliphatic carbocycles. The van der Waals surface area contributed by atoms with Gasteiger partial charge in [0.25, 0.3) is 0 Å². The predicted octanol–water partition coefficient (Wildman–Crippen LogP) is 2.84. The largest absolute Gasteiger partial charge is 0.381 e. The number of hydrogen-bond donors (Lipinski definition) is 2. The molecule has 2 aromatic rings. The molecule has 2 heterocycles. The van der Waals surface area contributed by atoms with Crippen LogP contribution >= 0.6 is 0 Å². The van der Waals surface area contributed by atoms with Gasteiger partial charge in [-0.15, -0.1) is 0 Å². The maximum Gasteiger partial charge on any atom is 0.226 e. The summed E-state index contributed by atoms with van der Waals surface area (Å²) in [5.41, 5.74) is 5.61. The van der Waals surface area contributed by atoms with E-state index in [1.54, 1.807) is 0 Å². The number of H-pyrrole nitrogens is 1. The first-order valence-corrected chi connectivity index (χ1v) is 10.4. The standard InChI is InChI=1S/C22H29N3O3/c26-22(13-21-19-6-1-2-7-20(19)24-25-21)23-14-16-4-3-5-17(12-16)15-28-18-8-10-27-11-9-18/h3-5,12,18H,1-2,6-11,13-15H2,(H,23,26)(H,24,25). The van der Waals surface area contributed by atoms with Crippen LogP contribution in [-0.4, -0.2) is 35.4 Å². The molecule has 0 atom stereocenters. The number of fused-ring (bicyclic) bond motifs is 1. The molecule has 2 aliphatic rings. The molecule has 1 amide bonds. The van der Waals surface area contributed by atoms with Gasteiger partial charge in [-0.25, -0.2) is 0 Å². The van der Waals surface area contributed by atoms with Crippen LogP contribution in [0.1, 0.15) is 53.8 Å². The molecule has 0 bridgehead atoms. The Morgan fingerprint density at radius 2 is 2.04 bits per heavy atom. The highest BCUT2D eigenvalue weighted by molar-refractivity contribution is 5.78. The summed E-state index contributed by atoms with van der Waals surface area (Å²) in [4.78, 5) is 12.4. The van der Waals surface area contributed by atoms with Crippen molar-refractivity contribution in [1.82, 2.24) is 15.5 Å². The summed E-state index contributed by atoms with van der Waals surface area (Å²) in [5, 5.41) is 10.5. The lowest BCUT2D eigenvalue weighted by molar-refractivity contribution is -0.120. The highest BCUT2D eigenvalue weighted by Gasteiger charge is 2.18. The van der Waals surface area contributed by atoms with Crippen LogP contribution in [0.2, 0.25) is 0 Å². The minimum absolute atomic E-state index is 0.0173.